The Labute approximate surface area is 207 Å². The summed E-state index contributed by atoms with van der Waals surface area (Å²) in [6, 6.07) is 15.3. The Morgan fingerprint density at radius 1 is 0.412 bits per heavy atom. The molecule has 16 heteroatoms. The summed E-state index contributed by atoms with van der Waals surface area (Å²) in [7, 11) is -13.0. The molecule has 0 spiro atoms. The maximum atomic E-state index is 10.3. The zero-order valence-electron chi connectivity index (χ0n) is 17.1. The van der Waals surface area contributed by atoms with Crippen molar-refractivity contribution in [2.24, 2.45) is 0 Å². The highest BCUT2D eigenvalue weighted by atomic mass is 32.2. The summed E-state index contributed by atoms with van der Waals surface area (Å²) in [5.41, 5.74) is 17.1. The van der Waals surface area contributed by atoms with Crippen LogP contribution in [0.1, 0.15) is 0 Å². The van der Waals surface area contributed by atoms with Crippen molar-refractivity contribution in [2.45, 2.75) is 14.7 Å². The molecule has 34 heavy (non-hydrogen) atoms. The van der Waals surface area contributed by atoms with Gasteiger partial charge in [0.2, 0.25) is 0 Å². The zero-order valence-corrected chi connectivity index (χ0v) is 20.7. The van der Waals surface area contributed by atoms with E-state index in [1.54, 1.807) is 0 Å². The first-order valence-corrected chi connectivity index (χ1v) is 12.7. The van der Waals surface area contributed by atoms with Crippen LogP contribution in [0.4, 0.5) is 17.1 Å². The van der Waals surface area contributed by atoms with Crippen molar-refractivity contribution in [1.29, 1.82) is 0 Å². The molecule has 12 nitrogen and oxygen atoms in total. The number of rotatable bonds is 3. The van der Waals surface area contributed by atoms with Crippen molar-refractivity contribution in [3.8, 4) is 0 Å². The molecule has 0 atom stereocenters. The van der Waals surface area contributed by atoms with Crippen LogP contribution >= 0.6 is 0 Å². The van der Waals surface area contributed by atoms with Gasteiger partial charge in [0, 0.05) is 34.4 Å². The van der Waals surface area contributed by atoms with Gasteiger partial charge in [0.15, 0.2) is 0 Å². The predicted octanol–water partition coefficient (Wildman–Crippen LogP) is 0.138. The van der Waals surface area contributed by atoms with Crippen LogP contribution in [0, 0.1) is 0 Å². The maximum Gasteiger partial charge on any atom is 0.124 e. The van der Waals surface area contributed by atoms with Crippen LogP contribution in [-0.2, 0) is 30.4 Å². The molecule has 0 unspecified atom stereocenters. The van der Waals surface area contributed by atoms with E-state index in [4.69, 9.17) is 17.2 Å². The third-order valence-electron chi connectivity index (χ3n) is 3.51. The third-order valence-corrected chi connectivity index (χ3v) is 6.05. The second kappa shape index (κ2) is 12.7. The Morgan fingerprint density at radius 2 is 0.559 bits per heavy atom. The summed E-state index contributed by atoms with van der Waals surface area (Å²) in [5, 5.41) is 0. The molecule has 3 aromatic carbocycles. The fraction of sp³-hybridized carbons (Fsp3) is 0. The lowest BCUT2D eigenvalue weighted by atomic mass is 10.3. The van der Waals surface area contributed by atoms with Crippen LogP contribution in [-0.4, -0.2) is 56.3 Å². The van der Waals surface area contributed by atoms with Crippen LogP contribution in [0.3, 0.4) is 0 Å². The smallest absolute Gasteiger partial charge is 0.124 e. The van der Waals surface area contributed by atoms with E-state index in [1.165, 1.54) is 72.8 Å². The standard InChI is InChI=1S/3C6H7NO3S.Al/c3*7-5-1-3-6(4-2-5)11(8,9)10;/h3*1-4H,7H2,(H,8,9,10);/p-3. The van der Waals surface area contributed by atoms with Crippen LogP contribution in [0.5, 0.6) is 0 Å². The Hall–Kier alpha value is -2.68. The molecule has 0 aliphatic rings. The molecule has 183 valence electrons. The molecule has 0 aromatic heterocycles. The average molecular weight is 544 g/mol. The SMILES string of the molecule is Nc1ccc(S(=O)(=O)[O-])cc1.Nc1ccc(S(=O)(=O)[O-])cc1.Nc1ccc(S(=O)(=O)[O-])cc1.[Al]. The minimum Gasteiger partial charge on any atom is -0.744 e. The Bertz CT molecular complexity index is 1200. The molecule has 0 fully saturated rings. The summed E-state index contributed by atoms with van der Waals surface area (Å²) in [5.74, 6) is 0. The molecule has 6 N–H and O–H groups in total. The third kappa shape index (κ3) is 11.5. The zero-order chi connectivity index (χ0) is 25.4. The molecule has 0 aliphatic carbocycles. The first-order chi connectivity index (χ1) is 15.0. The summed E-state index contributed by atoms with van der Waals surface area (Å²) in [4.78, 5) is -0.773. The van der Waals surface area contributed by atoms with Gasteiger partial charge in [0.1, 0.15) is 30.4 Å². The number of hydrogen-bond donors (Lipinski definition) is 3. The van der Waals surface area contributed by atoms with Gasteiger partial charge in [-0.25, -0.2) is 25.3 Å². The number of nitrogen functional groups attached to an aromatic ring is 3. The summed E-state index contributed by atoms with van der Waals surface area (Å²) < 4.78 is 93.1. The largest absolute Gasteiger partial charge is 0.744 e. The Kier molecular flexibility index (Phi) is 11.7. The van der Waals surface area contributed by atoms with Gasteiger partial charge in [-0.05, 0) is 72.8 Å². The van der Waals surface area contributed by atoms with E-state index < -0.39 is 30.4 Å². The van der Waals surface area contributed by atoms with Gasteiger partial charge in [-0.2, -0.15) is 0 Å². The first-order valence-electron chi connectivity index (χ1n) is 8.44. The molecule has 0 saturated heterocycles. The van der Waals surface area contributed by atoms with Crippen molar-refractivity contribution in [1.82, 2.24) is 0 Å². The van der Waals surface area contributed by atoms with Gasteiger partial charge in [-0.1, -0.05) is 0 Å². The normalized spacial score (nSPS) is 11.0. The van der Waals surface area contributed by atoms with Gasteiger partial charge >= 0.3 is 0 Å². The van der Waals surface area contributed by atoms with Gasteiger partial charge in [-0.3, -0.25) is 0 Å². The lowest BCUT2D eigenvalue weighted by molar-refractivity contribution is 0.461. The predicted molar refractivity (Wildman–Crippen MR) is 122 cm³/mol. The minimum absolute atomic E-state index is 0. The van der Waals surface area contributed by atoms with Gasteiger partial charge in [0.25, 0.3) is 0 Å². The lowest BCUT2D eigenvalue weighted by Crippen LogP contribution is -1.98. The number of anilines is 3. The van der Waals surface area contributed by atoms with Crippen molar-refractivity contribution in [3.63, 3.8) is 0 Å². The van der Waals surface area contributed by atoms with E-state index in [1.807, 2.05) is 0 Å². The van der Waals surface area contributed by atoms with Crippen molar-refractivity contribution >= 4 is 64.8 Å². The van der Waals surface area contributed by atoms with Gasteiger partial charge < -0.3 is 30.9 Å². The molecule has 0 saturated carbocycles. The van der Waals surface area contributed by atoms with Gasteiger partial charge in [0.05, 0.1) is 14.7 Å². The van der Waals surface area contributed by atoms with Crippen molar-refractivity contribution in [2.75, 3.05) is 17.2 Å². The molecule has 0 bridgehead atoms. The average Bonchev–Trinajstić information content (AvgIpc) is 2.68. The van der Waals surface area contributed by atoms with Crippen LogP contribution in [0.25, 0.3) is 0 Å². The second-order valence-electron chi connectivity index (χ2n) is 6.07. The molecule has 3 rings (SSSR count). The fourth-order valence-electron chi connectivity index (χ4n) is 1.90. The van der Waals surface area contributed by atoms with Crippen LogP contribution in [0.15, 0.2) is 87.5 Å². The van der Waals surface area contributed by atoms with E-state index in [0.717, 1.165) is 0 Å². The van der Waals surface area contributed by atoms with E-state index >= 15 is 0 Å². The summed E-state index contributed by atoms with van der Waals surface area (Å²) in [6.07, 6.45) is 0. The highest BCUT2D eigenvalue weighted by Crippen LogP contribution is 2.11. The molecule has 3 aromatic rings. The topological polar surface area (TPSA) is 250 Å². The molecule has 0 heterocycles. The van der Waals surface area contributed by atoms with E-state index in [9.17, 15) is 38.9 Å². The van der Waals surface area contributed by atoms with Crippen LogP contribution in [0.2, 0.25) is 0 Å². The van der Waals surface area contributed by atoms with E-state index in [-0.39, 0.29) is 32.0 Å². The highest BCUT2D eigenvalue weighted by molar-refractivity contribution is 7.86. The summed E-state index contributed by atoms with van der Waals surface area (Å²) >= 11 is 0. The van der Waals surface area contributed by atoms with E-state index in [2.05, 4.69) is 0 Å². The second-order valence-corrected chi connectivity index (χ2v) is 10.2. The fourth-order valence-corrected chi connectivity index (χ4v) is 3.31. The summed E-state index contributed by atoms with van der Waals surface area (Å²) in [6.45, 7) is 0. The first kappa shape index (κ1) is 31.3. The molecule has 3 radical (unpaired) electrons. The number of nitrogens with two attached hydrogens (primary N) is 3. The molecule has 0 aliphatic heterocycles. The quantitative estimate of drug-likeness (QED) is 0.226. The van der Waals surface area contributed by atoms with Crippen LogP contribution < -0.4 is 17.2 Å². The molecule has 0 amide bonds. The Morgan fingerprint density at radius 3 is 0.676 bits per heavy atom. The monoisotopic (exact) mass is 543 g/mol. The van der Waals surface area contributed by atoms with E-state index in [0.29, 0.717) is 17.1 Å². The molecular weight excluding hydrogens is 525 g/mol. The molecular formula is C18H18AlN3O9S3-3. The maximum absolute atomic E-state index is 10.3. The number of hydrogen-bond acceptors (Lipinski definition) is 12. The highest BCUT2D eigenvalue weighted by Gasteiger charge is 1.99. The van der Waals surface area contributed by atoms with Crippen molar-refractivity contribution < 1.29 is 38.9 Å². The Balaban J connectivity index is 0.000000473. The van der Waals surface area contributed by atoms with Crippen molar-refractivity contribution in [3.05, 3.63) is 72.8 Å². The number of benzene rings is 3. The minimum atomic E-state index is -4.33. The van der Waals surface area contributed by atoms with Gasteiger partial charge in [-0.15, -0.1) is 0 Å². The lowest BCUT2D eigenvalue weighted by Gasteiger charge is -2.05.